The van der Waals surface area contributed by atoms with Gasteiger partial charge in [-0.3, -0.25) is 4.68 Å². The second-order valence-electron chi connectivity index (χ2n) is 4.65. The molecular weight excluding hydrogens is 186 g/mol. The van der Waals surface area contributed by atoms with Gasteiger partial charge in [-0.2, -0.15) is 5.10 Å². The van der Waals surface area contributed by atoms with Crippen LogP contribution in [0.2, 0.25) is 0 Å². The minimum Gasteiger partial charge on any atom is -0.310 e. The second kappa shape index (κ2) is 4.35. The molecule has 1 N–H and O–H groups in total. The van der Waals surface area contributed by atoms with E-state index in [1.165, 1.54) is 30.5 Å². The molecule has 2 atom stereocenters. The average Bonchev–Trinajstić information content (AvgIpc) is 2.88. The normalized spacial score (nSPS) is 24.5. The first-order chi connectivity index (χ1) is 7.22. The van der Waals surface area contributed by atoms with Gasteiger partial charge < -0.3 is 5.32 Å². The van der Waals surface area contributed by atoms with E-state index in [9.17, 15) is 0 Å². The zero-order chi connectivity index (χ0) is 10.8. The number of hydrogen-bond acceptors (Lipinski definition) is 2. The van der Waals surface area contributed by atoms with E-state index < -0.39 is 0 Å². The molecule has 1 saturated carbocycles. The molecule has 0 bridgehead atoms. The zero-order valence-corrected chi connectivity index (χ0v) is 9.95. The van der Waals surface area contributed by atoms with Crippen molar-refractivity contribution in [3.63, 3.8) is 0 Å². The van der Waals surface area contributed by atoms with Crippen LogP contribution in [0.25, 0.3) is 0 Å². The highest BCUT2D eigenvalue weighted by Crippen LogP contribution is 2.34. The Labute approximate surface area is 91.9 Å². The van der Waals surface area contributed by atoms with Crippen LogP contribution in [0.1, 0.15) is 37.4 Å². The van der Waals surface area contributed by atoms with Gasteiger partial charge in [-0.25, -0.2) is 0 Å². The average molecular weight is 207 g/mol. The quantitative estimate of drug-likeness (QED) is 0.800. The van der Waals surface area contributed by atoms with Crippen molar-refractivity contribution < 1.29 is 0 Å². The molecule has 2 rings (SSSR count). The Hall–Kier alpha value is -0.830. The van der Waals surface area contributed by atoms with Gasteiger partial charge in [0.25, 0.3) is 0 Å². The molecule has 1 fully saturated rings. The first kappa shape index (κ1) is 10.7. The second-order valence-corrected chi connectivity index (χ2v) is 4.65. The van der Waals surface area contributed by atoms with Crippen molar-refractivity contribution in [2.75, 3.05) is 0 Å². The maximum atomic E-state index is 4.25. The van der Waals surface area contributed by atoms with Gasteiger partial charge in [0, 0.05) is 30.9 Å². The number of aromatic nitrogens is 2. The van der Waals surface area contributed by atoms with Crippen LogP contribution in [-0.4, -0.2) is 15.8 Å². The van der Waals surface area contributed by atoms with E-state index in [1.54, 1.807) is 0 Å². The van der Waals surface area contributed by atoms with Gasteiger partial charge >= 0.3 is 0 Å². The van der Waals surface area contributed by atoms with Crippen LogP contribution in [0, 0.1) is 12.8 Å². The highest BCUT2D eigenvalue weighted by molar-refractivity contribution is 5.16. The Morgan fingerprint density at radius 2 is 2.40 bits per heavy atom. The maximum Gasteiger partial charge on any atom is 0.0537 e. The lowest BCUT2D eigenvalue weighted by Gasteiger charge is -2.03. The van der Waals surface area contributed by atoms with E-state index in [0.717, 1.165) is 18.5 Å². The summed E-state index contributed by atoms with van der Waals surface area (Å²) < 4.78 is 1.94. The van der Waals surface area contributed by atoms with Crippen LogP contribution < -0.4 is 5.32 Å². The van der Waals surface area contributed by atoms with Gasteiger partial charge in [-0.1, -0.05) is 13.3 Å². The topological polar surface area (TPSA) is 29.9 Å². The molecule has 1 aromatic rings. The highest BCUT2D eigenvalue weighted by atomic mass is 15.3. The van der Waals surface area contributed by atoms with Crippen molar-refractivity contribution in [2.24, 2.45) is 13.0 Å². The summed E-state index contributed by atoms with van der Waals surface area (Å²) in [6.07, 6.45) is 6.03. The molecule has 0 aromatic carbocycles. The largest absolute Gasteiger partial charge is 0.310 e. The lowest BCUT2D eigenvalue weighted by atomic mass is 10.2. The van der Waals surface area contributed by atoms with Gasteiger partial charge in [0.15, 0.2) is 0 Å². The molecule has 1 aromatic heterocycles. The number of nitrogens with one attached hydrogen (secondary N) is 1. The zero-order valence-electron chi connectivity index (χ0n) is 9.95. The first-order valence-corrected chi connectivity index (χ1v) is 5.93. The van der Waals surface area contributed by atoms with Crippen LogP contribution in [-0.2, 0) is 13.6 Å². The fraction of sp³-hybridized carbons (Fsp3) is 0.750. The standard InChI is InChI=1S/C12H21N3/c1-4-5-10-6-12(10)13-7-11-8-14-15(3)9(11)2/h8,10,12-13H,4-7H2,1-3H3. The van der Waals surface area contributed by atoms with E-state index in [-0.39, 0.29) is 0 Å². The van der Waals surface area contributed by atoms with Crippen molar-refractivity contribution in [2.45, 2.75) is 45.7 Å². The molecule has 3 nitrogen and oxygen atoms in total. The molecule has 0 amide bonds. The molecule has 1 heterocycles. The molecule has 3 heteroatoms. The lowest BCUT2D eigenvalue weighted by Crippen LogP contribution is -2.18. The van der Waals surface area contributed by atoms with Crippen LogP contribution in [0.3, 0.4) is 0 Å². The van der Waals surface area contributed by atoms with Crippen LogP contribution in [0.4, 0.5) is 0 Å². The minimum atomic E-state index is 0.768. The molecule has 1 aliphatic carbocycles. The predicted molar refractivity (Wildman–Crippen MR) is 61.6 cm³/mol. The van der Waals surface area contributed by atoms with Crippen LogP contribution in [0.5, 0.6) is 0 Å². The Morgan fingerprint density at radius 1 is 1.60 bits per heavy atom. The predicted octanol–water partition coefficient (Wildman–Crippen LogP) is 2.01. The van der Waals surface area contributed by atoms with Gasteiger partial charge in [0.2, 0.25) is 0 Å². The van der Waals surface area contributed by atoms with Gasteiger partial charge in [-0.15, -0.1) is 0 Å². The first-order valence-electron chi connectivity index (χ1n) is 5.93. The van der Waals surface area contributed by atoms with Crippen molar-refractivity contribution in [1.29, 1.82) is 0 Å². The molecule has 0 aliphatic heterocycles. The lowest BCUT2D eigenvalue weighted by molar-refractivity contribution is 0.597. The smallest absolute Gasteiger partial charge is 0.0537 e. The van der Waals surface area contributed by atoms with E-state index in [0.29, 0.717) is 0 Å². The SMILES string of the molecule is CCCC1CC1NCc1cnn(C)c1C. The molecule has 0 radical (unpaired) electrons. The Kier molecular flexibility index (Phi) is 3.10. The number of aryl methyl sites for hydroxylation is 1. The molecular formula is C12H21N3. The van der Waals surface area contributed by atoms with E-state index >= 15 is 0 Å². The summed E-state index contributed by atoms with van der Waals surface area (Å²) >= 11 is 0. The summed E-state index contributed by atoms with van der Waals surface area (Å²) in [5.41, 5.74) is 2.61. The number of nitrogens with zero attached hydrogens (tertiary/aromatic N) is 2. The Balaban J connectivity index is 1.77. The third kappa shape index (κ3) is 2.40. The number of rotatable bonds is 5. The van der Waals surface area contributed by atoms with Gasteiger partial charge in [0.05, 0.1) is 6.20 Å². The summed E-state index contributed by atoms with van der Waals surface area (Å²) in [6.45, 7) is 5.37. The summed E-state index contributed by atoms with van der Waals surface area (Å²) in [7, 11) is 2.00. The molecule has 2 unspecified atom stereocenters. The van der Waals surface area contributed by atoms with Crippen molar-refractivity contribution in [3.8, 4) is 0 Å². The Bertz CT molecular complexity index is 330. The summed E-state index contributed by atoms with van der Waals surface area (Å²) in [6, 6.07) is 0.768. The Morgan fingerprint density at radius 3 is 3.00 bits per heavy atom. The molecule has 84 valence electrons. The summed E-state index contributed by atoms with van der Waals surface area (Å²) in [5, 5.41) is 7.86. The summed E-state index contributed by atoms with van der Waals surface area (Å²) in [5.74, 6) is 0.937. The van der Waals surface area contributed by atoms with E-state index in [2.05, 4.69) is 24.3 Å². The van der Waals surface area contributed by atoms with Crippen LogP contribution in [0.15, 0.2) is 6.20 Å². The van der Waals surface area contributed by atoms with Gasteiger partial charge in [0.1, 0.15) is 0 Å². The fourth-order valence-corrected chi connectivity index (χ4v) is 2.15. The third-order valence-electron chi connectivity index (χ3n) is 3.47. The molecule has 0 saturated heterocycles. The van der Waals surface area contributed by atoms with Crippen molar-refractivity contribution in [1.82, 2.24) is 15.1 Å². The van der Waals surface area contributed by atoms with E-state index in [4.69, 9.17) is 0 Å². The number of hydrogen-bond donors (Lipinski definition) is 1. The molecule has 15 heavy (non-hydrogen) atoms. The van der Waals surface area contributed by atoms with Crippen molar-refractivity contribution >= 4 is 0 Å². The van der Waals surface area contributed by atoms with E-state index in [1.807, 2.05) is 17.9 Å². The third-order valence-corrected chi connectivity index (χ3v) is 3.47. The van der Waals surface area contributed by atoms with Gasteiger partial charge in [-0.05, 0) is 25.7 Å². The highest BCUT2D eigenvalue weighted by Gasteiger charge is 2.35. The van der Waals surface area contributed by atoms with Crippen LogP contribution >= 0.6 is 0 Å². The molecule has 0 spiro atoms. The fourth-order valence-electron chi connectivity index (χ4n) is 2.15. The monoisotopic (exact) mass is 207 g/mol. The summed E-state index contributed by atoms with van der Waals surface area (Å²) in [4.78, 5) is 0. The van der Waals surface area contributed by atoms with Crippen molar-refractivity contribution in [3.05, 3.63) is 17.5 Å². The minimum absolute atomic E-state index is 0.768. The molecule has 1 aliphatic rings. The maximum absolute atomic E-state index is 4.25.